The fourth-order valence-electron chi connectivity index (χ4n) is 1.94. The number of para-hydroxylation sites is 1. The summed E-state index contributed by atoms with van der Waals surface area (Å²) in [6.07, 6.45) is 2.10. The average molecular weight is 235 g/mol. The minimum absolute atomic E-state index is 0.0564. The lowest BCUT2D eigenvalue weighted by molar-refractivity contribution is 0.100. The van der Waals surface area contributed by atoms with Crippen molar-refractivity contribution in [3.63, 3.8) is 0 Å². The van der Waals surface area contributed by atoms with Crippen LogP contribution in [0.2, 0.25) is 0 Å². The van der Waals surface area contributed by atoms with E-state index in [1.807, 2.05) is 6.07 Å². The Morgan fingerprint density at radius 1 is 1.41 bits per heavy atom. The van der Waals surface area contributed by atoms with Gasteiger partial charge in [-0.15, -0.1) is 0 Å². The van der Waals surface area contributed by atoms with Crippen molar-refractivity contribution < 1.29 is 4.79 Å². The first-order valence-electron chi connectivity index (χ1n) is 5.84. The molecule has 0 aromatic heterocycles. The number of primary amides is 1. The summed E-state index contributed by atoms with van der Waals surface area (Å²) >= 11 is 0. The summed E-state index contributed by atoms with van der Waals surface area (Å²) in [5.41, 5.74) is 12.7. The van der Waals surface area contributed by atoms with E-state index in [0.29, 0.717) is 11.3 Å². The molecule has 0 spiro atoms. The topological polar surface area (TPSA) is 81.1 Å². The zero-order chi connectivity index (χ0) is 13.1. The summed E-state index contributed by atoms with van der Waals surface area (Å²) in [7, 11) is 0. The van der Waals surface area contributed by atoms with Crippen LogP contribution in [-0.2, 0) is 0 Å². The Morgan fingerprint density at radius 3 is 2.59 bits per heavy atom. The maximum atomic E-state index is 11.2. The molecule has 0 bridgehead atoms. The largest absolute Gasteiger partial charge is 0.396 e. The van der Waals surface area contributed by atoms with E-state index in [9.17, 15) is 4.79 Å². The second kappa shape index (κ2) is 5.08. The van der Waals surface area contributed by atoms with Crippen LogP contribution < -0.4 is 16.8 Å². The molecule has 5 N–H and O–H groups in total. The fourth-order valence-corrected chi connectivity index (χ4v) is 1.94. The molecule has 0 unspecified atom stereocenters. The number of benzene rings is 1. The van der Waals surface area contributed by atoms with Crippen molar-refractivity contribution in [2.24, 2.45) is 5.73 Å². The van der Waals surface area contributed by atoms with Crippen LogP contribution in [0.1, 0.15) is 44.0 Å². The molecule has 0 aliphatic rings. The van der Waals surface area contributed by atoms with Crippen LogP contribution in [0.25, 0.3) is 0 Å². The number of hydrogen-bond donors (Lipinski definition) is 3. The fraction of sp³-hybridized carbons (Fsp3) is 0.462. The summed E-state index contributed by atoms with van der Waals surface area (Å²) in [4.78, 5) is 11.2. The van der Waals surface area contributed by atoms with Crippen molar-refractivity contribution in [1.29, 1.82) is 0 Å². The van der Waals surface area contributed by atoms with E-state index in [0.717, 1.165) is 18.5 Å². The normalized spacial score (nSPS) is 11.2. The molecule has 4 heteroatoms. The molecule has 4 nitrogen and oxygen atoms in total. The van der Waals surface area contributed by atoms with Gasteiger partial charge in [0.05, 0.1) is 16.9 Å². The van der Waals surface area contributed by atoms with E-state index >= 15 is 0 Å². The number of amides is 1. The lowest BCUT2D eigenvalue weighted by atomic mass is 9.98. The highest BCUT2D eigenvalue weighted by Gasteiger charge is 2.18. The van der Waals surface area contributed by atoms with Crippen molar-refractivity contribution >= 4 is 17.3 Å². The molecule has 0 heterocycles. The number of anilines is 2. The van der Waals surface area contributed by atoms with Gasteiger partial charge in [0.25, 0.3) is 5.91 Å². The molecule has 0 radical (unpaired) electrons. The molecule has 0 atom stereocenters. The first-order chi connectivity index (χ1) is 7.87. The molecule has 0 fully saturated rings. The van der Waals surface area contributed by atoms with Crippen LogP contribution >= 0.6 is 0 Å². The number of nitrogen functional groups attached to an aromatic ring is 1. The van der Waals surface area contributed by atoms with E-state index in [-0.39, 0.29) is 5.54 Å². The molecule has 0 aliphatic carbocycles. The van der Waals surface area contributed by atoms with Crippen LogP contribution in [0.3, 0.4) is 0 Å². The van der Waals surface area contributed by atoms with Gasteiger partial charge in [-0.05, 0) is 32.4 Å². The number of hydrogen-bond acceptors (Lipinski definition) is 3. The van der Waals surface area contributed by atoms with Crippen molar-refractivity contribution in [2.75, 3.05) is 11.1 Å². The van der Waals surface area contributed by atoms with Gasteiger partial charge in [-0.3, -0.25) is 4.79 Å². The molecule has 94 valence electrons. The second-order valence-corrected chi connectivity index (χ2v) is 4.89. The highest BCUT2D eigenvalue weighted by molar-refractivity contribution is 6.00. The lowest BCUT2D eigenvalue weighted by Crippen LogP contribution is -2.31. The molecule has 0 saturated heterocycles. The average Bonchev–Trinajstić information content (AvgIpc) is 2.20. The van der Waals surface area contributed by atoms with Gasteiger partial charge < -0.3 is 16.8 Å². The van der Waals surface area contributed by atoms with E-state index in [1.165, 1.54) is 0 Å². The summed E-state index contributed by atoms with van der Waals surface area (Å²) in [6.45, 7) is 6.34. The predicted molar refractivity (Wildman–Crippen MR) is 72.0 cm³/mol. The lowest BCUT2D eigenvalue weighted by Gasteiger charge is -2.28. The van der Waals surface area contributed by atoms with Crippen LogP contribution in [0.15, 0.2) is 18.2 Å². The number of nitrogens with one attached hydrogen (secondary N) is 1. The minimum Gasteiger partial charge on any atom is -0.396 e. The van der Waals surface area contributed by atoms with Crippen molar-refractivity contribution in [1.82, 2.24) is 0 Å². The molecule has 1 aromatic rings. The third-order valence-corrected chi connectivity index (χ3v) is 2.72. The maximum absolute atomic E-state index is 11.2. The zero-order valence-electron chi connectivity index (χ0n) is 10.7. The zero-order valence-corrected chi connectivity index (χ0v) is 10.7. The van der Waals surface area contributed by atoms with Gasteiger partial charge in [0.15, 0.2) is 0 Å². The Kier molecular flexibility index (Phi) is 3.99. The molecule has 1 aromatic carbocycles. The Morgan fingerprint density at radius 2 is 2.06 bits per heavy atom. The van der Waals surface area contributed by atoms with Crippen LogP contribution in [0.4, 0.5) is 11.4 Å². The van der Waals surface area contributed by atoms with Crippen molar-refractivity contribution in [3.05, 3.63) is 23.8 Å². The molecule has 0 saturated carbocycles. The van der Waals surface area contributed by atoms with Crippen molar-refractivity contribution in [2.45, 2.75) is 39.2 Å². The van der Waals surface area contributed by atoms with Crippen LogP contribution in [-0.4, -0.2) is 11.4 Å². The maximum Gasteiger partial charge on any atom is 0.250 e. The quantitative estimate of drug-likeness (QED) is 0.685. The summed E-state index contributed by atoms with van der Waals surface area (Å²) in [5.74, 6) is -0.501. The van der Waals surface area contributed by atoms with E-state index in [4.69, 9.17) is 11.5 Å². The van der Waals surface area contributed by atoms with Crippen LogP contribution in [0.5, 0.6) is 0 Å². The molecular formula is C13H21N3O. The molecule has 1 amide bonds. The summed E-state index contributed by atoms with van der Waals surface area (Å²) in [6, 6.07) is 5.27. The van der Waals surface area contributed by atoms with Gasteiger partial charge in [-0.2, -0.15) is 0 Å². The SMILES string of the molecule is CCCC(C)(C)Nc1cccc(C(N)=O)c1N. The third kappa shape index (κ3) is 3.37. The Hall–Kier alpha value is -1.71. The Labute approximate surface area is 102 Å². The van der Waals surface area contributed by atoms with Gasteiger partial charge in [-0.25, -0.2) is 0 Å². The highest BCUT2D eigenvalue weighted by atomic mass is 16.1. The highest BCUT2D eigenvalue weighted by Crippen LogP contribution is 2.27. The first kappa shape index (κ1) is 13.4. The second-order valence-electron chi connectivity index (χ2n) is 4.89. The summed E-state index contributed by atoms with van der Waals surface area (Å²) < 4.78 is 0. The van der Waals surface area contributed by atoms with E-state index < -0.39 is 5.91 Å². The number of carbonyl (C=O) groups is 1. The molecule has 17 heavy (non-hydrogen) atoms. The molecule has 1 rings (SSSR count). The minimum atomic E-state index is -0.501. The Bertz CT molecular complexity index is 413. The predicted octanol–water partition coefficient (Wildman–Crippen LogP) is 2.36. The van der Waals surface area contributed by atoms with E-state index in [2.05, 4.69) is 26.1 Å². The van der Waals surface area contributed by atoms with Gasteiger partial charge in [0.1, 0.15) is 0 Å². The summed E-state index contributed by atoms with van der Waals surface area (Å²) in [5, 5.41) is 3.35. The Balaban J connectivity index is 3.00. The van der Waals surface area contributed by atoms with Gasteiger partial charge in [0.2, 0.25) is 0 Å². The molecular weight excluding hydrogens is 214 g/mol. The standard InChI is InChI=1S/C13H21N3O/c1-4-8-13(2,3)16-10-7-5-6-9(11(10)14)12(15)17/h5-7,16H,4,8,14H2,1-3H3,(H2,15,17). The number of rotatable bonds is 5. The van der Waals surface area contributed by atoms with Crippen LogP contribution in [0, 0.1) is 0 Å². The van der Waals surface area contributed by atoms with Gasteiger partial charge in [0, 0.05) is 5.54 Å². The third-order valence-electron chi connectivity index (χ3n) is 2.72. The van der Waals surface area contributed by atoms with Crippen molar-refractivity contribution in [3.8, 4) is 0 Å². The van der Waals surface area contributed by atoms with Gasteiger partial charge in [-0.1, -0.05) is 19.4 Å². The van der Waals surface area contributed by atoms with Gasteiger partial charge >= 0.3 is 0 Å². The van der Waals surface area contributed by atoms with E-state index in [1.54, 1.807) is 12.1 Å². The smallest absolute Gasteiger partial charge is 0.250 e. The molecule has 0 aliphatic heterocycles. The monoisotopic (exact) mass is 235 g/mol. The number of nitrogens with two attached hydrogens (primary N) is 2. The first-order valence-corrected chi connectivity index (χ1v) is 5.84. The number of carbonyl (C=O) groups excluding carboxylic acids is 1.